The van der Waals surface area contributed by atoms with Crippen LogP contribution in [0.1, 0.15) is 57.7 Å². The van der Waals surface area contributed by atoms with E-state index in [9.17, 15) is 8.42 Å². The highest BCUT2D eigenvalue weighted by Gasteiger charge is 2.18. The second-order valence-corrected chi connectivity index (χ2v) is 7.28. The Kier molecular flexibility index (Phi) is 5.21. The summed E-state index contributed by atoms with van der Waals surface area (Å²) < 4.78 is 24.8. The lowest BCUT2D eigenvalue weighted by Crippen LogP contribution is -2.12. The Bertz CT molecular complexity index is 531. The van der Waals surface area contributed by atoms with Crippen LogP contribution >= 0.6 is 0 Å². The molecule has 2 N–H and O–H groups in total. The fourth-order valence-electron chi connectivity index (χ4n) is 2.98. The summed E-state index contributed by atoms with van der Waals surface area (Å²) in [5, 5.41) is 5.17. The van der Waals surface area contributed by atoms with Crippen LogP contribution in [0.15, 0.2) is 11.2 Å². The number of aryl methyl sites for hydroxylation is 2. The summed E-state index contributed by atoms with van der Waals surface area (Å²) in [6.45, 7) is 2.92. The average molecular weight is 299 g/mol. The van der Waals surface area contributed by atoms with E-state index < -0.39 is 10.0 Å². The first-order chi connectivity index (χ1) is 9.50. The second-order valence-electron chi connectivity index (χ2n) is 5.78. The number of aromatic nitrogens is 2. The van der Waals surface area contributed by atoms with E-state index >= 15 is 0 Å². The van der Waals surface area contributed by atoms with Crippen molar-refractivity contribution in [3.8, 4) is 0 Å². The summed E-state index contributed by atoms with van der Waals surface area (Å²) in [5.41, 5.74) is 0. The van der Waals surface area contributed by atoms with Crippen LogP contribution in [-0.4, -0.2) is 18.0 Å². The van der Waals surface area contributed by atoms with Crippen LogP contribution in [0.25, 0.3) is 0 Å². The molecule has 0 atom stereocenters. The van der Waals surface area contributed by atoms with Gasteiger partial charge in [0.15, 0.2) is 5.03 Å². The van der Waals surface area contributed by atoms with Crippen molar-refractivity contribution in [2.45, 2.75) is 69.9 Å². The van der Waals surface area contributed by atoms with Gasteiger partial charge in [0, 0.05) is 19.2 Å². The van der Waals surface area contributed by atoms with Crippen molar-refractivity contribution in [3.63, 3.8) is 0 Å². The number of rotatable bonds is 6. The molecule has 1 aliphatic rings. The summed E-state index contributed by atoms with van der Waals surface area (Å²) in [4.78, 5) is 4.18. The van der Waals surface area contributed by atoms with Crippen molar-refractivity contribution in [3.05, 3.63) is 12.0 Å². The van der Waals surface area contributed by atoms with E-state index in [-0.39, 0.29) is 5.03 Å². The van der Waals surface area contributed by atoms with Gasteiger partial charge in [-0.25, -0.2) is 18.5 Å². The molecule has 114 valence electrons. The molecule has 0 bridgehead atoms. The van der Waals surface area contributed by atoms with E-state index in [0.29, 0.717) is 0 Å². The zero-order valence-electron chi connectivity index (χ0n) is 12.2. The van der Waals surface area contributed by atoms with Gasteiger partial charge in [-0.2, -0.15) is 0 Å². The van der Waals surface area contributed by atoms with E-state index in [0.717, 1.165) is 37.5 Å². The molecule has 1 aromatic rings. The third-order valence-electron chi connectivity index (χ3n) is 4.11. The number of nitrogens with two attached hydrogens (primary N) is 1. The average Bonchev–Trinajstić information content (AvgIpc) is 2.81. The lowest BCUT2D eigenvalue weighted by atomic mass is 9.87. The van der Waals surface area contributed by atoms with Crippen LogP contribution < -0.4 is 5.14 Å². The number of primary sulfonamides is 1. The molecule has 0 aromatic carbocycles. The van der Waals surface area contributed by atoms with Gasteiger partial charge in [0.25, 0.3) is 10.0 Å². The Balaban J connectivity index is 2.06. The third kappa shape index (κ3) is 4.06. The van der Waals surface area contributed by atoms with E-state index in [4.69, 9.17) is 5.14 Å². The Morgan fingerprint density at radius 2 is 2.05 bits per heavy atom. The Hall–Kier alpha value is -0.880. The zero-order chi connectivity index (χ0) is 14.6. The highest BCUT2D eigenvalue weighted by Crippen LogP contribution is 2.27. The molecule has 1 saturated carbocycles. The first kappa shape index (κ1) is 15.5. The number of hydrogen-bond donors (Lipinski definition) is 1. The first-order valence-corrected chi connectivity index (χ1v) is 9.14. The first-order valence-electron chi connectivity index (χ1n) is 7.59. The molecular formula is C14H25N3O2S. The summed E-state index contributed by atoms with van der Waals surface area (Å²) in [6.07, 6.45) is 11.1. The Labute approximate surface area is 121 Å². The van der Waals surface area contributed by atoms with Crippen molar-refractivity contribution in [1.82, 2.24) is 9.55 Å². The van der Waals surface area contributed by atoms with Gasteiger partial charge in [0.05, 0.1) is 0 Å². The molecule has 1 heterocycles. The van der Waals surface area contributed by atoms with Crippen LogP contribution in [0.4, 0.5) is 0 Å². The molecule has 0 unspecified atom stereocenters. The van der Waals surface area contributed by atoms with Crippen molar-refractivity contribution in [1.29, 1.82) is 0 Å². The molecular weight excluding hydrogens is 274 g/mol. The van der Waals surface area contributed by atoms with E-state index in [1.807, 2.05) is 4.57 Å². The van der Waals surface area contributed by atoms with E-state index in [1.165, 1.54) is 32.1 Å². The molecule has 1 fully saturated rings. The maximum Gasteiger partial charge on any atom is 0.257 e. The molecule has 5 nitrogen and oxygen atoms in total. The summed E-state index contributed by atoms with van der Waals surface area (Å²) in [5.74, 6) is 1.62. The lowest BCUT2D eigenvalue weighted by Gasteiger charge is -2.21. The van der Waals surface area contributed by atoms with Gasteiger partial charge < -0.3 is 4.57 Å². The summed E-state index contributed by atoms with van der Waals surface area (Å²) in [6, 6.07) is 0. The van der Waals surface area contributed by atoms with E-state index in [1.54, 1.807) is 6.20 Å². The molecule has 0 aliphatic heterocycles. The van der Waals surface area contributed by atoms with Gasteiger partial charge in [-0.05, 0) is 18.8 Å². The maximum absolute atomic E-state index is 11.4. The van der Waals surface area contributed by atoms with Crippen LogP contribution in [-0.2, 0) is 23.0 Å². The molecule has 1 aliphatic carbocycles. The fourth-order valence-corrected chi connectivity index (χ4v) is 3.49. The van der Waals surface area contributed by atoms with Crippen molar-refractivity contribution in [2.75, 3.05) is 0 Å². The van der Waals surface area contributed by atoms with Gasteiger partial charge in [-0.1, -0.05) is 39.0 Å². The minimum absolute atomic E-state index is 0.00425. The van der Waals surface area contributed by atoms with Crippen LogP contribution in [0.3, 0.4) is 0 Å². The normalized spacial score (nSPS) is 17.5. The summed E-state index contributed by atoms with van der Waals surface area (Å²) >= 11 is 0. The van der Waals surface area contributed by atoms with Crippen LogP contribution in [0.2, 0.25) is 0 Å². The van der Waals surface area contributed by atoms with Gasteiger partial charge in [-0.15, -0.1) is 0 Å². The molecule has 20 heavy (non-hydrogen) atoms. The standard InChI is InChI=1S/C14H25N3O2S/c1-2-6-13-16-14(20(15,18)19)11-17(13)10-9-12-7-4-3-5-8-12/h11-12H,2-10H2,1H3,(H2,15,18,19). The molecule has 0 spiro atoms. The highest BCUT2D eigenvalue weighted by atomic mass is 32.2. The summed E-state index contributed by atoms with van der Waals surface area (Å²) in [7, 11) is -3.70. The van der Waals surface area contributed by atoms with Crippen LogP contribution in [0, 0.1) is 5.92 Å². The molecule has 2 rings (SSSR count). The Morgan fingerprint density at radius 3 is 2.65 bits per heavy atom. The number of imidazole rings is 1. The smallest absolute Gasteiger partial charge is 0.257 e. The molecule has 1 aromatic heterocycles. The lowest BCUT2D eigenvalue weighted by molar-refractivity contribution is 0.322. The number of hydrogen-bond acceptors (Lipinski definition) is 3. The van der Waals surface area contributed by atoms with Gasteiger partial charge in [0.1, 0.15) is 5.82 Å². The zero-order valence-corrected chi connectivity index (χ0v) is 13.0. The van der Waals surface area contributed by atoms with Gasteiger partial charge >= 0.3 is 0 Å². The van der Waals surface area contributed by atoms with Crippen molar-refractivity contribution < 1.29 is 8.42 Å². The monoisotopic (exact) mass is 299 g/mol. The van der Waals surface area contributed by atoms with E-state index in [2.05, 4.69) is 11.9 Å². The fraction of sp³-hybridized carbons (Fsp3) is 0.786. The van der Waals surface area contributed by atoms with Gasteiger partial charge in [0.2, 0.25) is 0 Å². The van der Waals surface area contributed by atoms with Gasteiger partial charge in [-0.3, -0.25) is 0 Å². The minimum atomic E-state index is -3.70. The SMILES string of the molecule is CCCc1nc(S(N)(=O)=O)cn1CCC1CCCCC1. The number of nitrogens with zero attached hydrogens (tertiary/aromatic N) is 2. The third-order valence-corrected chi connectivity index (χ3v) is 4.88. The predicted octanol–water partition coefficient (Wildman–Crippen LogP) is 2.45. The largest absolute Gasteiger partial charge is 0.333 e. The molecule has 6 heteroatoms. The molecule has 0 amide bonds. The highest BCUT2D eigenvalue weighted by molar-refractivity contribution is 7.89. The van der Waals surface area contributed by atoms with Crippen molar-refractivity contribution >= 4 is 10.0 Å². The Morgan fingerprint density at radius 1 is 1.35 bits per heavy atom. The maximum atomic E-state index is 11.4. The van der Waals surface area contributed by atoms with Crippen molar-refractivity contribution in [2.24, 2.45) is 11.1 Å². The quantitative estimate of drug-likeness (QED) is 0.876. The predicted molar refractivity (Wildman–Crippen MR) is 78.8 cm³/mol. The minimum Gasteiger partial charge on any atom is -0.333 e. The topological polar surface area (TPSA) is 78.0 Å². The second kappa shape index (κ2) is 6.72. The molecule has 0 radical (unpaired) electrons. The molecule has 0 saturated heterocycles. The van der Waals surface area contributed by atoms with Crippen LogP contribution in [0.5, 0.6) is 0 Å². The number of sulfonamides is 1.